The highest BCUT2D eigenvalue weighted by molar-refractivity contribution is 7.98. The largest absolute Gasteiger partial charge is 0.314 e. The average molecular weight is 230 g/mol. The first-order valence-electron chi connectivity index (χ1n) is 6.23. The van der Waals surface area contributed by atoms with Crippen LogP contribution in [0.1, 0.15) is 33.1 Å². The van der Waals surface area contributed by atoms with Gasteiger partial charge in [0.05, 0.1) is 0 Å². The molecule has 90 valence electrons. The maximum absolute atomic E-state index is 3.55. The zero-order chi connectivity index (χ0) is 11.1. The van der Waals surface area contributed by atoms with Gasteiger partial charge in [-0.1, -0.05) is 13.8 Å². The molecular formula is C12H26N2S. The Labute approximate surface area is 99.2 Å². The summed E-state index contributed by atoms with van der Waals surface area (Å²) in [7, 11) is 0. The van der Waals surface area contributed by atoms with Gasteiger partial charge in [0, 0.05) is 25.2 Å². The summed E-state index contributed by atoms with van der Waals surface area (Å²) in [5.41, 5.74) is 0.441. The van der Waals surface area contributed by atoms with Crippen LogP contribution in [0, 0.1) is 0 Å². The molecule has 0 amide bonds. The molecule has 0 saturated carbocycles. The van der Waals surface area contributed by atoms with E-state index < -0.39 is 0 Å². The Balaban J connectivity index is 2.48. The molecule has 2 nitrogen and oxygen atoms in total. The highest BCUT2D eigenvalue weighted by Crippen LogP contribution is 2.25. The minimum absolute atomic E-state index is 0.441. The summed E-state index contributed by atoms with van der Waals surface area (Å²) in [4.78, 5) is 2.72. The monoisotopic (exact) mass is 230 g/mol. The highest BCUT2D eigenvalue weighted by Gasteiger charge is 2.34. The second-order valence-electron chi connectivity index (χ2n) is 4.44. The van der Waals surface area contributed by atoms with E-state index >= 15 is 0 Å². The Morgan fingerprint density at radius 2 is 2.07 bits per heavy atom. The van der Waals surface area contributed by atoms with Gasteiger partial charge in [-0.25, -0.2) is 0 Å². The van der Waals surface area contributed by atoms with Crippen molar-refractivity contribution in [2.45, 2.75) is 38.6 Å². The lowest BCUT2D eigenvalue weighted by atomic mass is 9.88. The predicted molar refractivity (Wildman–Crippen MR) is 70.8 cm³/mol. The quantitative estimate of drug-likeness (QED) is 0.704. The van der Waals surface area contributed by atoms with Gasteiger partial charge >= 0.3 is 0 Å². The fourth-order valence-electron chi connectivity index (χ4n) is 2.58. The number of nitrogens with one attached hydrogen (secondary N) is 1. The van der Waals surface area contributed by atoms with E-state index in [4.69, 9.17) is 0 Å². The van der Waals surface area contributed by atoms with Crippen molar-refractivity contribution >= 4 is 11.8 Å². The van der Waals surface area contributed by atoms with Gasteiger partial charge in [-0.2, -0.15) is 11.8 Å². The minimum Gasteiger partial charge on any atom is -0.314 e. The number of piperazine rings is 1. The van der Waals surface area contributed by atoms with Crippen LogP contribution in [0.25, 0.3) is 0 Å². The van der Waals surface area contributed by atoms with Crippen molar-refractivity contribution in [3.63, 3.8) is 0 Å². The summed E-state index contributed by atoms with van der Waals surface area (Å²) in [5, 5.41) is 3.55. The van der Waals surface area contributed by atoms with Gasteiger partial charge in [0.2, 0.25) is 0 Å². The number of thioether (sulfide) groups is 1. The highest BCUT2D eigenvalue weighted by atomic mass is 32.2. The zero-order valence-electron chi connectivity index (χ0n) is 10.5. The van der Waals surface area contributed by atoms with Gasteiger partial charge in [0.1, 0.15) is 0 Å². The van der Waals surface area contributed by atoms with E-state index in [0.29, 0.717) is 5.54 Å². The van der Waals surface area contributed by atoms with Crippen LogP contribution in [0.5, 0.6) is 0 Å². The van der Waals surface area contributed by atoms with Crippen LogP contribution in [-0.2, 0) is 0 Å². The second kappa shape index (κ2) is 6.77. The molecule has 0 aliphatic carbocycles. The lowest BCUT2D eigenvalue weighted by Gasteiger charge is -2.47. The van der Waals surface area contributed by atoms with Gasteiger partial charge in [-0.15, -0.1) is 0 Å². The van der Waals surface area contributed by atoms with Crippen molar-refractivity contribution in [1.29, 1.82) is 0 Å². The maximum atomic E-state index is 3.55. The molecule has 0 unspecified atom stereocenters. The normalized spacial score (nSPS) is 21.8. The Kier molecular flexibility index (Phi) is 6.02. The summed E-state index contributed by atoms with van der Waals surface area (Å²) in [5.74, 6) is 1.30. The van der Waals surface area contributed by atoms with Crippen LogP contribution in [0.15, 0.2) is 0 Å². The molecule has 0 atom stereocenters. The number of nitrogens with zero attached hydrogens (tertiary/aromatic N) is 1. The summed E-state index contributed by atoms with van der Waals surface area (Å²) < 4.78 is 0. The standard InChI is InChI=1S/C12H26N2S/c1-4-12(5-2)11-13-7-9-14(12)8-6-10-15-3/h13H,4-11H2,1-3H3. The van der Waals surface area contributed by atoms with Gasteiger partial charge in [-0.3, -0.25) is 4.90 Å². The van der Waals surface area contributed by atoms with E-state index in [2.05, 4.69) is 30.3 Å². The number of hydrogen-bond acceptors (Lipinski definition) is 3. The molecule has 1 aliphatic heterocycles. The number of rotatable bonds is 6. The number of hydrogen-bond donors (Lipinski definition) is 1. The van der Waals surface area contributed by atoms with Gasteiger partial charge in [0.25, 0.3) is 0 Å². The molecule has 0 bridgehead atoms. The lowest BCUT2D eigenvalue weighted by molar-refractivity contribution is 0.0526. The van der Waals surface area contributed by atoms with Crippen molar-refractivity contribution < 1.29 is 0 Å². The predicted octanol–water partition coefficient (Wildman–Crippen LogP) is 2.20. The molecular weight excluding hydrogens is 204 g/mol. The molecule has 3 heteroatoms. The topological polar surface area (TPSA) is 15.3 Å². The molecule has 0 aromatic carbocycles. The Hall–Kier alpha value is 0.270. The first-order chi connectivity index (χ1) is 7.29. The molecule has 1 aliphatic rings. The van der Waals surface area contributed by atoms with E-state index in [1.165, 1.54) is 51.2 Å². The summed E-state index contributed by atoms with van der Waals surface area (Å²) in [6, 6.07) is 0. The molecule has 1 N–H and O–H groups in total. The molecule has 15 heavy (non-hydrogen) atoms. The Morgan fingerprint density at radius 1 is 1.33 bits per heavy atom. The van der Waals surface area contributed by atoms with Gasteiger partial charge in [0.15, 0.2) is 0 Å². The van der Waals surface area contributed by atoms with E-state index in [0.717, 1.165) is 0 Å². The molecule has 1 heterocycles. The van der Waals surface area contributed by atoms with Crippen molar-refractivity contribution in [1.82, 2.24) is 10.2 Å². The first-order valence-corrected chi connectivity index (χ1v) is 7.63. The fraction of sp³-hybridized carbons (Fsp3) is 1.00. The van der Waals surface area contributed by atoms with Crippen molar-refractivity contribution in [2.24, 2.45) is 0 Å². The average Bonchev–Trinajstić information content (AvgIpc) is 2.30. The van der Waals surface area contributed by atoms with Crippen molar-refractivity contribution in [3.05, 3.63) is 0 Å². The van der Waals surface area contributed by atoms with E-state index in [1.807, 2.05) is 11.8 Å². The van der Waals surface area contributed by atoms with Crippen molar-refractivity contribution in [3.8, 4) is 0 Å². The third-order valence-corrected chi connectivity index (χ3v) is 4.47. The molecule has 1 saturated heterocycles. The van der Waals surface area contributed by atoms with Crippen LogP contribution in [0.2, 0.25) is 0 Å². The van der Waals surface area contributed by atoms with Crippen LogP contribution in [0.4, 0.5) is 0 Å². The minimum atomic E-state index is 0.441. The Bertz CT molecular complexity index is 169. The van der Waals surface area contributed by atoms with Crippen molar-refractivity contribution in [2.75, 3.05) is 38.2 Å². The molecule has 0 aromatic rings. The van der Waals surface area contributed by atoms with Crippen LogP contribution in [-0.4, -0.2) is 48.6 Å². The van der Waals surface area contributed by atoms with Gasteiger partial charge in [-0.05, 0) is 37.8 Å². The lowest BCUT2D eigenvalue weighted by Crippen LogP contribution is -2.60. The van der Waals surface area contributed by atoms with Crippen LogP contribution in [0.3, 0.4) is 0 Å². The second-order valence-corrected chi connectivity index (χ2v) is 5.43. The third kappa shape index (κ3) is 3.36. The van der Waals surface area contributed by atoms with Crippen LogP contribution >= 0.6 is 11.8 Å². The summed E-state index contributed by atoms with van der Waals surface area (Å²) in [6.07, 6.45) is 6.08. The van der Waals surface area contributed by atoms with E-state index in [9.17, 15) is 0 Å². The SMILES string of the molecule is CCC1(CC)CNCCN1CCCSC. The fourth-order valence-corrected chi connectivity index (χ4v) is 3.00. The van der Waals surface area contributed by atoms with E-state index in [1.54, 1.807) is 0 Å². The van der Waals surface area contributed by atoms with Crippen LogP contribution < -0.4 is 5.32 Å². The van der Waals surface area contributed by atoms with Gasteiger partial charge < -0.3 is 5.32 Å². The Morgan fingerprint density at radius 3 is 2.67 bits per heavy atom. The molecule has 1 fully saturated rings. The molecule has 0 aromatic heterocycles. The molecule has 1 rings (SSSR count). The summed E-state index contributed by atoms with van der Waals surface area (Å²) in [6.45, 7) is 9.52. The smallest absolute Gasteiger partial charge is 0.0329 e. The molecule has 0 radical (unpaired) electrons. The maximum Gasteiger partial charge on any atom is 0.0329 e. The summed E-state index contributed by atoms with van der Waals surface area (Å²) >= 11 is 1.96. The zero-order valence-corrected chi connectivity index (χ0v) is 11.3. The molecule has 0 spiro atoms. The van der Waals surface area contributed by atoms with E-state index in [-0.39, 0.29) is 0 Å². The third-order valence-electron chi connectivity index (χ3n) is 3.78. The first kappa shape index (κ1) is 13.3.